The summed E-state index contributed by atoms with van der Waals surface area (Å²) in [7, 11) is 0. The third kappa shape index (κ3) is 3.84. The first kappa shape index (κ1) is 18.1. The van der Waals surface area contributed by atoms with Gasteiger partial charge in [-0.05, 0) is 32.6 Å². The molecule has 1 aromatic rings. The number of aromatic carboxylic acids is 1. The average molecular weight is 310 g/mol. The summed E-state index contributed by atoms with van der Waals surface area (Å²) in [4.78, 5) is 11.5. The summed E-state index contributed by atoms with van der Waals surface area (Å²) in [6.07, 6.45) is 4.82. The standard InChI is InChI=1S/C17H26O5/c1-4-7-9-11-12(10-8-5-2)16(22-6-3)13(17(20)21)15(19)14(11)18/h18-19H,4-10H2,1-3H3,(H,20,21). The molecule has 0 radical (unpaired) electrons. The molecule has 0 heterocycles. The van der Waals surface area contributed by atoms with Crippen molar-refractivity contribution in [2.45, 2.75) is 59.3 Å². The van der Waals surface area contributed by atoms with Crippen LogP contribution in [0.3, 0.4) is 0 Å². The highest BCUT2D eigenvalue weighted by Crippen LogP contribution is 2.44. The molecule has 0 fully saturated rings. The van der Waals surface area contributed by atoms with E-state index in [0.717, 1.165) is 25.7 Å². The van der Waals surface area contributed by atoms with Crippen LogP contribution in [-0.2, 0) is 12.8 Å². The van der Waals surface area contributed by atoms with Gasteiger partial charge in [0.05, 0.1) is 6.61 Å². The maximum absolute atomic E-state index is 11.5. The molecule has 1 aromatic carbocycles. The Kier molecular flexibility index (Phi) is 7.02. The van der Waals surface area contributed by atoms with Crippen molar-refractivity contribution in [3.8, 4) is 17.2 Å². The fraction of sp³-hybridized carbons (Fsp3) is 0.588. The number of carbonyl (C=O) groups is 1. The first-order valence-corrected chi connectivity index (χ1v) is 7.95. The van der Waals surface area contributed by atoms with E-state index in [1.54, 1.807) is 6.92 Å². The highest BCUT2D eigenvalue weighted by Gasteiger charge is 2.27. The molecule has 0 atom stereocenters. The lowest BCUT2D eigenvalue weighted by atomic mass is 9.92. The smallest absolute Gasteiger partial charge is 0.343 e. The number of phenols is 2. The summed E-state index contributed by atoms with van der Waals surface area (Å²) in [6.45, 7) is 6.16. The van der Waals surface area contributed by atoms with Crippen molar-refractivity contribution >= 4 is 5.97 Å². The van der Waals surface area contributed by atoms with Gasteiger partial charge in [0.1, 0.15) is 11.3 Å². The van der Waals surface area contributed by atoms with Crippen LogP contribution in [0.15, 0.2) is 0 Å². The number of unbranched alkanes of at least 4 members (excludes halogenated alkanes) is 2. The number of hydrogen-bond donors (Lipinski definition) is 3. The van der Waals surface area contributed by atoms with Crippen LogP contribution in [0.2, 0.25) is 0 Å². The Morgan fingerprint density at radius 1 is 0.955 bits per heavy atom. The molecule has 0 bridgehead atoms. The maximum Gasteiger partial charge on any atom is 0.343 e. The van der Waals surface area contributed by atoms with Gasteiger partial charge in [-0.15, -0.1) is 0 Å². The summed E-state index contributed by atoms with van der Waals surface area (Å²) in [6, 6.07) is 0. The molecule has 0 aliphatic carbocycles. The molecule has 3 N–H and O–H groups in total. The second-order valence-electron chi connectivity index (χ2n) is 5.30. The van der Waals surface area contributed by atoms with E-state index in [-0.39, 0.29) is 17.1 Å². The Morgan fingerprint density at radius 2 is 1.50 bits per heavy atom. The largest absolute Gasteiger partial charge is 0.504 e. The summed E-state index contributed by atoms with van der Waals surface area (Å²) in [5, 5.41) is 29.7. The van der Waals surface area contributed by atoms with Gasteiger partial charge >= 0.3 is 5.97 Å². The second-order valence-corrected chi connectivity index (χ2v) is 5.30. The van der Waals surface area contributed by atoms with Gasteiger partial charge in [0.25, 0.3) is 0 Å². The molecule has 0 aromatic heterocycles. The molecule has 124 valence electrons. The Balaban J connectivity index is 3.56. The van der Waals surface area contributed by atoms with Gasteiger partial charge in [-0.1, -0.05) is 26.7 Å². The van der Waals surface area contributed by atoms with E-state index in [0.29, 0.717) is 30.6 Å². The van der Waals surface area contributed by atoms with Crippen molar-refractivity contribution in [3.05, 3.63) is 16.7 Å². The van der Waals surface area contributed by atoms with Crippen molar-refractivity contribution in [2.75, 3.05) is 6.61 Å². The number of phenolic OH excluding ortho intramolecular Hbond substituents is 1. The molecule has 0 saturated heterocycles. The number of ether oxygens (including phenoxy) is 1. The maximum atomic E-state index is 11.5. The van der Waals surface area contributed by atoms with Gasteiger partial charge in [0, 0.05) is 11.1 Å². The van der Waals surface area contributed by atoms with Crippen LogP contribution in [0.1, 0.15) is 67.9 Å². The molecule has 22 heavy (non-hydrogen) atoms. The lowest BCUT2D eigenvalue weighted by Crippen LogP contribution is -2.10. The molecule has 0 spiro atoms. The zero-order valence-corrected chi connectivity index (χ0v) is 13.6. The van der Waals surface area contributed by atoms with Crippen LogP contribution in [0.25, 0.3) is 0 Å². The van der Waals surface area contributed by atoms with E-state index in [9.17, 15) is 20.1 Å². The monoisotopic (exact) mass is 310 g/mol. The Labute approximate surface area is 131 Å². The third-order valence-corrected chi connectivity index (χ3v) is 3.68. The third-order valence-electron chi connectivity index (χ3n) is 3.68. The van der Waals surface area contributed by atoms with E-state index in [1.807, 2.05) is 13.8 Å². The minimum absolute atomic E-state index is 0.199. The number of rotatable bonds is 9. The fourth-order valence-electron chi connectivity index (χ4n) is 2.54. The highest BCUT2D eigenvalue weighted by atomic mass is 16.5. The highest BCUT2D eigenvalue weighted by molar-refractivity contribution is 5.96. The molecule has 0 saturated carbocycles. The van der Waals surface area contributed by atoms with E-state index in [4.69, 9.17) is 4.74 Å². The quantitative estimate of drug-likeness (QED) is 0.602. The molecular formula is C17H26O5. The average Bonchev–Trinajstić information content (AvgIpc) is 2.48. The van der Waals surface area contributed by atoms with Gasteiger partial charge in [0.2, 0.25) is 0 Å². The Hall–Kier alpha value is -1.91. The van der Waals surface area contributed by atoms with Gasteiger partial charge in [0.15, 0.2) is 11.5 Å². The SMILES string of the molecule is CCCCc1c(O)c(O)c(C(=O)O)c(OCC)c1CCCC. The first-order chi connectivity index (χ1) is 10.5. The summed E-state index contributed by atoms with van der Waals surface area (Å²) >= 11 is 0. The number of carboxylic acid groups (broad SMARTS) is 1. The van der Waals surface area contributed by atoms with Crippen molar-refractivity contribution in [1.29, 1.82) is 0 Å². The van der Waals surface area contributed by atoms with Crippen LogP contribution >= 0.6 is 0 Å². The van der Waals surface area contributed by atoms with E-state index in [1.165, 1.54) is 0 Å². The van der Waals surface area contributed by atoms with E-state index in [2.05, 4.69) is 0 Å². The van der Waals surface area contributed by atoms with Crippen molar-refractivity contribution < 1.29 is 24.9 Å². The van der Waals surface area contributed by atoms with E-state index < -0.39 is 11.7 Å². The topological polar surface area (TPSA) is 87.0 Å². The Morgan fingerprint density at radius 3 is 1.95 bits per heavy atom. The number of hydrogen-bond acceptors (Lipinski definition) is 4. The summed E-state index contributed by atoms with van der Waals surface area (Å²) in [5.74, 6) is -2.01. The number of aromatic hydroxyl groups is 2. The summed E-state index contributed by atoms with van der Waals surface area (Å²) in [5.41, 5.74) is 0.983. The van der Waals surface area contributed by atoms with Gasteiger partial charge < -0.3 is 20.1 Å². The molecule has 0 amide bonds. The Bertz CT molecular complexity index is 523. The van der Waals surface area contributed by atoms with Crippen LogP contribution < -0.4 is 4.74 Å². The van der Waals surface area contributed by atoms with Crippen molar-refractivity contribution in [2.24, 2.45) is 0 Å². The molecular weight excluding hydrogens is 284 g/mol. The lowest BCUT2D eigenvalue weighted by molar-refractivity contribution is 0.0688. The normalized spacial score (nSPS) is 10.7. The molecule has 0 unspecified atom stereocenters. The van der Waals surface area contributed by atoms with Crippen LogP contribution in [0, 0.1) is 0 Å². The minimum Gasteiger partial charge on any atom is -0.504 e. The first-order valence-electron chi connectivity index (χ1n) is 7.95. The van der Waals surface area contributed by atoms with E-state index >= 15 is 0 Å². The number of carboxylic acids is 1. The fourth-order valence-corrected chi connectivity index (χ4v) is 2.54. The van der Waals surface area contributed by atoms with Gasteiger partial charge in [-0.2, -0.15) is 0 Å². The molecule has 0 aliphatic rings. The van der Waals surface area contributed by atoms with Crippen LogP contribution in [0.4, 0.5) is 0 Å². The number of benzene rings is 1. The molecule has 5 nitrogen and oxygen atoms in total. The molecule has 0 aliphatic heterocycles. The zero-order valence-electron chi connectivity index (χ0n) is 13.6. The van der Waals surface area contributed by atoms with Crippen LogP contribution in [0.5, 0.6) is 17.2 Å². The molecule has 5 heteroatoms. The second kappa shape index (κ2) is 8.51. The van der Waals surface area contributed by atoms with Crippen molar-refractivity contribution in [3.63, 3.8) is 0 Å². The minimum atomic E-state index is -1.30. The van der Waals surface area contributed by atoms with Gasteiger partial charge in [-0.25, -0.2) is 4.79 Å². The summed E-state index contributed by atoms with van der Waals surface area (Å²) < 4.78 is 5.53. The lowest BCUT2D eigenvalue weighted by Gasteiger charge is -2.20. The van der Waals surface area contributed by atoms with Gasteiger partial charge in [-0.3, -0.25) is 0 Å². The predicted octanol–water partition coefficient (Wildman–Crippen LogP) is 3.88. The predicted molar refractivity (Wildman–Crippen MR) is 85.1 cm³/mol. The van der Waals surface area contributed by atoms with Crippen molar-refractivity contribution in [1.82, 2.24) is 0 Å². The van der Waals surface area contributed by atoms with Crippen LogP contribution in [-0.4, -0.2) is 27.9 Å². The molecule has 1 rings (SSSR count). The zero-order chi connectivity index (χ0) is 16.7.